The predicted octanol–water partition coefficient (Wildman–Crippen LogP) is 1.54. The lowest BCUT2D eigenvalue weighted by Crippen LogP contribution is -2.26. The molecular formula is C19H20N2O5. The lowest BCUT2D eigenvalue weighted by atomic mass is 10.1. The van der Waals surface area contributed by atoms with Crippen LogP contribution in [0.25, 0.3) is 0 Å². The van der Waals surface area contributed by atoms with Gasteiger partial charge in [0.05, 0.1) is 7.11 Å². The van der Waals surface area contributed by atoms with Crippen molar-refractivity contribution in [3.8, 4) is 17.2 Å². The Hall–Kier alpha value is -3.22. The van der Waals surface area contributed by atoms with E-state index in [1.54, 1.807) is 30.3 Å². The maximum absolute atomic E-state index is 12.4. The third-order valence-corrected chi connectivity index (χ3v) is 4.00. The van der Waals surface area contributed by atoms with Crippen LogP contribution in [-0.4, -0.2) is 38.7 Å². The van der Waals surface area contributed by atoms with Crippen LogP contribution in [0, 0.1) is 0 Å². The first-order valence-corrected chi connectivity index (χ1v) is 8.23. The molecule has 0 radical (unpaired) electrons. The van der Waals surface area contributed by atoms with E-state index in [0.29, 0.717) is 54.6 Å². The minimum atomic E-state index is -0.473. The zero-order chi connectivity index (χ0) is 18.5. The van der Waals surface area contributed by atoms with Crippen molar-refractivity contribution in [3.63, 3.8) is 0 Å². The van der Waals surface area contributed by atoms with Crippen LogP contribution in [0.2, 0.25) is 0 Å². The minimum Gasteiger partial charge on any atom is -0.493 e. The van der Waals surface area contributed by atoms with E-state index < -0.39 is 5.91 Å². The smallest absolute Gasteiger partial charge is 0.251 e. The van der Waals surface area contributed by atoms with E-state index in [4.69, 9.17) is 19.9 Å². The van der Waals surface area contributed by atoms with Gasteiger partial charge in [-0.1, -0.05) is 12.1 Å². The summed E-state index contributed by atoms with van der Waals surface area (Å²) in [5, 5.41) is 2.85. The first kappa shape index (κ1) is 17.6. The van der Waals surface area contributed by atoms with Gasteiger partial charge in [0.25, 0.3) is 5.91 Å². The van der Waals surface area contributed by atoms with Gasteiger partial charge in [-0.25, -0.2) is 0 Å². The molecule has 0 saturated heterocycles. The molecule has 26 heavy (non-hydrogen) atoms. The van der Waals surface area contributed by atoms with Crippen molar-refractivity contribution in [2.45, 2.75) is 6.42 Å². The Morgan fingerprint density at radius 2 is 1.96 bits per heavy atom. The molecule has 0 fully saturated rings. The summed E-state index contributed by atoms with van der Waals surface area (Å²) in [6.07, 6.45) is 0.578. The van der Waals surface area contributed by atoms with Crippen LogP contribution >= 0.6 is 0 Å². The summed E-state index contributed by atoms with van der Waals surface area (Å²) >= 11 is 0. The fraction of sp³-hybridized carbons (Fsp3) is 0.263. The lowest BCUT2D eigenvalue weighted by molar-refractivity contribution is 0.0950. The van der Waals surface area contributed by atoms with Gasteiger partial charge in [-0.15, -0.1) is 0 Å². The average Bonchev–Trinajstić information content (AvgIpc) is 2.67. The Labute approximate surface area is 151 Å². The van der Waals surface area contributed by atoms with E-state index in [1.807, 2.05) is 6.07 Å². The molecule has 7 heteroatoms. The highest BCUT2D eigenvalue weighted by molar-refractivity contribution is 5.95. The summed E-state index contributed by atoms with van der Waals surface area (Å²) in [5.74, 6) is 0.751. The zero-order valence-electron chi connectivity index (χ0n) is 14.4. The Morgan fingerprint density at radius 1 is 1.15 bits per heavy atom. The number of amides is 2. The molecule has 2 amide bonds. The quantitative estimate of drug-likeness (QED) is 0.818. The number of hydrogen-bond acceptors (Lipinski definition) is 5. The summed E-state index contributed by atoms with van der Waals surface area (Å²) in [7, 11) is 1.51. The monoisotopic (exact) mass is 356 g/mol. The van der Waals surface area contributed by atoms with E-state index >= 15 is 0 Å². The zero-order valence-corrected chi connectivity index (χ0v) is 14.4. The largest absolute Gasteiger partial charge is 0.493 e. The molecule has 1 aliphatic heterocycles. The molecule has 1 aliphatic rings. The number of nitrogens with one attached hydrogen (secondary N) is 1. The summed E-state index contributed by atoms with van der Waals surface area (Å²) in [4.78, 5) is 23.6. The number of hydrogen-bond donors (Lipinski definition) is 2. The number of carbonyl (C=O) groups excluding carboxylic acids is 2. The van der Waals surface area contributed by atoms with E-state index in [1.165, 1.54) is 7.11 Å². The van der Waals surface area contributed by atoms with Crippen LogP contribution in [0.5, 0.6) is 17.2 Å². The highest BCUT2D eigenvalue weighted by Gasteiger charge is 2.20. The predicted molar refractivity (Wildman–Crippen MR) is 95.0 cm³/mol. The molecule has 1 heterocycles. The number of ether oxygens (including phenoxy) is 3. The molecule has 0 bridgehead atoms. The van der Waals surface area contributed by atoms with E-state index in [0.717, 1.165) is 5.56 Å². The van der Waals surface area contributed by atoms with Crippen LogP contribution in [0.3, 0.4) is 0 Å². The number of fused-ring (bicyclic) bond motifs is 1. The first-order valence-electron chi connectivity index (χ1n) is 8.23. The van der Waals surface area contributed by atoms with Crippen LogP contribution in [0.1, 0.15) is 26.3 Å². The minimum absolute atomic E-state index is 0.244. The second-order valence-corrected chi connectivity index (χ2v) is 5.77. The van der Waals surface area contributed by atoms with Crippen molar-refractivity contribution in [2.24, 2.45) is 5.73 Å². The topological polar surface area (TPSA) is 99.9 Å². The molecule has 2 aromatic carbocycles. The van der Waals surface area contributed by atoms with Gasteiger partial charge >= 0.3 is 0 Å². The van der Waals surface area contributed by atoms with Crippen LogP contribution in [0.4, 0.5) is 0 Å². The maximum Gasteiger partial charge on any atom is 0.251 e. The molecule has 0 saturated carbocycles. The van der Waals surface area contributed by atoms with Gasteiger partial charge in [-0.2, -0.15) is 0 Å². The Balaban J connectivity index is 1.65. The lowest BCUT2D eigenvalue weighted by Gasteiger charge is -2.21. The summed E-state index contributed by atoms with van der Waals surface area (Å²) < 4.78 is 16.4. The van der Waals surface area contributed by atoms with E-state index in [9.17, 15) is 9.59 Å². The second kappa shape index (κ2) is 7.77. The Bertz CT molecular complexity index is 817. The average molecular weight is 356 g/mol. The molecule has 0 spiro atoms. The molecule has 0 aromatic heterocycles. The molecule has 0 atom stereocenters. The van der Waals surface area contributed by atoms with Crippen LogP contribution in [0.15, 0.2) is 36.4 Å². The fourth-order valence-electron chi connectivity index (χ4n) is 2.71. The fourth-order valence-corrected chi connectivity index (χ4v) is 2.71. The summed E-state index contributed by atoms with van der Waals surface area (Å²) in [6.45, 7) is 1.29. The van der Waals surface area contributed by atoms with Gasteiger partial charge in [-0.05, 0) is 36.2 Å². The standard InChI is InChI=1S/C19H20N2O5/c1-24-15-10-14(11-16-17(15)26-8-7-25-16)19(23)21-6-5-12-3-2-4-13(9-12)18(20)22/h2-4,9-11H,5-8H2,1H3,(H2,20,22)(H,21,23). The van der Waals surface area contributed by atoms with Crippen molar-refractivity contribution in [2.75, 3.05) is 26.9 Å². The molecule has 0 aliphatic carbocycles. The van der Waals surface area contributed by atoms with E-state index in [-0.39, 0.29) is 5.91 Å². The molecule has 0 unspecified atom stereocenters. The number of carbonyl (C=O) groups is 2. The van der Waals surface area contributed by atoms with Gasteiger partial charge < -0.3 is 25.3 Å². The molecule has 7 nitrogen and oxygen atoms in total. The molecule has 3 N–H and O–H groups in total. The Kier molecular flexibility index (Phi) is 5.26. The summed E-state index contributed by atoms with van der Waals surface area (Å²) in [5.41, 5.74) is 7.07. The number of primary amides is 1. The Morgan fingerprint density at radius 3 is 2.73 bits per heavy atom. The highest BCUT2D eigenvalue weighted by Crippen LogP contribution is 2.40. The number of nitrogens with two attached hydrogens (primary N) is 1. The van der Waals surface area contributed by atoms with Crippen molar-refractivity contribution in [3.05, 3.63) is 53.1 Å². The van der Waals surface area contributed by atoms with Gasteiger partial charge in [0, 0.05) is 17.7 Å². The summed E-state index contributed by atoms with van der Waals surface area (Å²) in [6, 6.07) is 10.3. The van der Waals surface area contributed by atoms with Gasteiger partial charge in [0.2, 0.25) is 11.7 Å². The van der Waals surface area contributed by atoms with Gasteiger partial charge in [0.1, 0.15) is 13.2 Å². The SMILES string of the molecule is COc1cc(C(=O)NCCc2cccc(C(N)=O)c2)cc2c1OCCO2. The second-order valence-electron chi connectivity index (χ2n) is 5.77. The van der Waals surface area contributed by atoms with Gasteiger partial charge in [-0.3, -0.25) is 9.59 Å². The van der Waals surface area contributed by atoms with Crippen molar-refractivity contribution in [1.82, 2.24) is 5.32 Å². The molecule has 136 valence electrons. The number of benzene rings is 2. The van der Waals surface area contributed by atoms with Crippen LogP contribution in [-0.2, 0) is 6.42 Å². The normalized spacial score (nSPS) is 12.3. The maximum atomic E-state index is 12.4. The molecule has 3 rings (SSSR count). The van der Waals surface area contributed by atoms with Crippen molar-refractivity contribution >= 4 is 11.8 Å². The third-order valence-electron chi connectivity index (χ3n) is 4.00. The highest BCUT2D eigenvalue weighted by atomic mass is 16.6. The first-order chi connectivity index (χ1) is 12.6. The molecular weight excluding hydrogens is 336 g/mol. The third kappa shape index (κ3) is 3.88. The number of rotatable bonds is 6. The number of methoxy groups -OCH3 is 1. The van der Waals surface area contributed by atoms with Crippen molar-refractivity contribution in [1.29, 1.82) is 0 Å². The van der Waals surface area contributed by atoms with Crippen molar-refractivity contribution < 1.29 is 23.8 Å². The van der Waals surface area contributed by atoms with Gasteiger partial charge in [0.15, 0.2) is 11.5 Å². The van der Waals surface area contributed by atoms with Crippen LogP contribution < -0.4 is 25.3 Å². The molecule has 2 aromatic rings. The van der Waals surface area contributed by atoms with E-state index in [2.05, 4.69) is 5.32 Å².